The van der Waals surface area contributed by atoms with Gasteiger partial charge in [0, 0.05) is 6.04 Å². The third kappa shape index (κ3) is 2.85. The van der Waals surface area contributed by atoms with Crippen molar-refractivity contribution >= 4 is 5.97 Å². The zero-order chi connectivity index (χ0) is 12.3. The van der Waals surface area contributed by atoms with Crippen molar-refractivity contribution in [1.82, 2.24) is 4.90 Å². The summed E-state index contributed by atoms with van der Waals surface area (Å²) in [5, 5.41) is 8.89. The van der Waals surface area contributed by atoms with Crippen LogP contribution in [-0.2, 0) is 6.54 Å². The molecule has 0 saturated carbocycles. The highest BCUT2D eigenvalue weighted by molar-refractivity contribution is 5.88. The van der Waals surface area contributed by atoms with E-state index in [9.17, 15) is 4.79 Å². The van der Waals surface area contributed by atoms with Crippen molar-refractivity contribution in [3.05, 3.63) is 23.2 Å². The highest BCUT2D eigenvalue weighted by atomic mass is 16.4. The van der Waals surface area contributed by atoms with Gasteiger partial charge in [0.15, 0.2) is 0 Å². The predicted molar refractivity (Wildman–Crippen MR) is 61.6 cm³/mol. The first kappa shape index (κ1) is 12.8. The van der Waals surface area contributed by atoms with Crippen molar-refractivity contribution in [3.63, 3.8) is 0 Å². The molecule has 0 fully saturated rings. The van der Waals surface area contributed by atoms with E-state index in [0.717, 1.165) is 6.42 Å². The quantitative estimate of drug-likeness (QED) is 0.836. The summed E-state index contributed by atoms with van der Waals surface area (Å²) in [6.45, 7) is 6.57. The van der Waals surface area contributed by atoms with Gasteiger partial charge in [0.05, 0.1) is 6.54 Å². The Kier molecular flexibility index (Phi) is 4.12. The lowest BCUT2D eigenvalue weighted by atomic mass is 10.2. The van der Waals surface area contributed by atoms with E-state index in [0.29, 0.717) is 24.1 Å². The minimum Gasteiger partial charge on any atom is -0.478 e. The minimum atomic E-state index is -0.932. The van der Waals surface area contributed by atoms with Gasteiger partial charge >= 0.3 is 5.97 Å². The molecule has 1 unspecified atom stereocenters. The van der Waals surface area contributed by atoms with Gasteiger partial charge in [0.2, 0.25) is 0 Å². The van der Waals surface area contributed by atoms with Crippen molar-refractivity contribution in [1.29, 1.82) is 0 Å². The predicted octanol–water partition coefficient (Wildman–Crippen LogP) is 2.52. The number of carbonyl (C=O) groups is 1. The molecular formula is C12H19NO3. The lowest BCUT2D eigenvalue weighted by Gasteiger charge is -2.21. The van der Waals surface area contributed by atoms with Crippen LogP contribution < -0.4 is 0 Å². The number of carboxylic acids is 1. The van der Waals surface area contributed by atoms with Crippen molar-refractivity contribution in [2.45, 2.75) is 39.8 Å². The topological polar surface area (TPSA) is 53.7 Å². The average Bonchev–Trinajstić information content (AvgIpc) is 2.58. The molecule has 0 amide bonds. The van der Waals surface area contributed by atoms with Crippen molar-refractivity contribution in [3.8, 4) is 0 Å². The van der Waals surface area contributed by atoms with Gasteiger partial charge in [-0.2, -0.15) is 0 Å². The average molecular weight is 225 g/mol. The Bertz CT molecular complexity index is 370. The van der Waals surface area contributed by atoms with Crippen LogP contribution in [0.25, 0.3) is 0 Å². The second-order valence-corrected chi connectivity index (χ2v) is 4.16. The molecule has 1 aromatic heterocycles. The molecule has 0 bridgehead atoms. The molecule has 0 aromatic carbocycles. The van der Waals surface area contributed by atoms with Gasteiger partial charge in [0.25, 0.3) is 0 Å². The molecule has 4 nitrogen and oxygen atoms in total. The maximum atomic E-state index is 10.8. The minimum absolute atomic E-state index is 0.257. The fraction of sp³-hybridized carbons (Fsp3) is 0.583. The number of hydrogen-bond donors (Lipinski definition) is 1. The Hall–Kier alpha value is -1.29. The van der Waals surface area contributed by atoms with Crippen LogP contribution in [0, 0.1) is 6.92 Å². The summed E-state index contributed by atoms with van der Waals surface area (Å²) in [5.74, 6) is 0.247. The summed E-state index contributed by atoms with van der Waals surface area (Å²) in [7, 11) is 2.01. The smallest absolute Gasteiger partial charge is 0.339 e. The number of hydrogen-bond acceptors (Lipinski definition) is 3. The first-order chi connectivity index (χ1) is 7.45. The molecule has 90 valence electrons. The first-order valence-electron chi connectivity index (χ1n) is 5.48. The van der Waals surface area contributed by atoms with Crippen LogP contribution in [0.2, 0.25) is 0 Å². The summed E-state index contributed by atoms with van der Waals surface area (Å²) >= 11 is 0. The summed E-state index contributed by atoms with van der Waals surface area (Å²) in [6.07, 6.45) is 1.06. The molecule has 0 aliphatic rings. The normalized spacial score (nSPS) is 13.1. The monoisotopic (exact) mass is 225 g/mol. The van der Waals surface area contributed by atoms with Crippen LogP contribution in [0.1, 0.15) is 42.1 Å². The number of carboxylic acid groups (broad SMARTS) is 1. The standard InChI is InChI=1S/C12H19NO3/c1-5-8(2)13(4)7-10-6-11(12(14)15)9(3)16-10/h6,8H,5,7H2,1-4H3,(H,14,15). The molecule has 1 rings (SSSR count). The Morgan fingerprint density at radius 2 is 2.25 bits per heavy atom. The second-order valence-electron chi connectivity index (χ2n) is 4.16. The third-order valence-electron chi connectivity index (χ3n) is 2.95. The molecule has 0 radical (unpaired) electrons. The van der Waals surface area contributed by atoms with E-state index in [4.69, 9.17) is 9.52 Å². The molecule has 1 heterocycles. The second kappa shape index (κ2) is 5.16. The van der Waals surface area contributed by atoms with Gasteiger partial charge in [-0.3, -0.25) is 4.90 Å². The van der Waals surface area contributed by atoms with Crippen LogP contribution in [-0.4, -0.2) is 29.1 Å². The van der Waals surface area contributed by atoms with Gasteiger partial charge in [-0.15, -0.1) is 0 Å². The molecule has 1 atom stereocenters. The zero-order valence-corrected chi connectivity index (χ0v) is 10.3. The van der Waals surface area contributed by atoms with E-state index >= 15 is 0 Å². The molecule has 0 saturated heterocycles. The molecule has 0 aliphatic heterocycles. The maximum absolute atomic E-state index is 10.8. The van der Waals surface area contributed by atoms with Crippen molar-refractivity contribution in [2.75, 3.05) is 7.05 Å². The van der Waals surface area contributed by atoms with Crippen molar-refractivity contribution in [2.24, 2.45) is 0 Å². The first-order valence-corrected chi connectivity index (χ1v) is 5.48. The lowest BCUT2D eigenvalue weighted by molar-refractivity contribution is 0.0695. The fourth-order valence-electron chi connectivity index (χ4n) is 1.55. The van der Waals surface area contributed by atoms with E-state index < -0.39 is 5.97 Å². The maximum Gasteiger partial charge on any atom is 0.339 e. The summed E-state index contributed by atoms with van der Waals surface area (Å²) in [4.78, 5) is 13.0. The van der Waals surface area contributed by atoms with Gasteiger partial charge in [-0.1, -0.05) is 6.92 Å². The molecule has 1 N–H and O–H groups in total. The third-order valence-corrected chi connectivity index (χ3v) is 2.95. The highest BCUT2D eigenvalue weighted by Gasteiger charge is 2.16. The number of furan rings is 1. The van der Waals surface area contributed by atoms with Gasteiger partial charge in [0.1, 0.15) is 17.1 Å². The van der Waals surface area contributed by atoms with Crippen LogP contribution in [0.15, 0.2) is 10.5 Å². The fourth-order valence-corrected chi connectivity index (χ4v) is 1.55. The van der Waals surface area contributed by atoms with E-state index in [-0.39, 0.29) is 5.56 Å². The molecule has 1 aromatic rings. The summed E-state index contributed by atoms with van der Waals surface area (Å²) < 4.78 is 5.42. The Morgan fingerprint density at radius 1 is 1.62 bits per heavy atom. The van der Waals surface area contributed by atoms with Gasteiger partial charge in [-0.25, -0.2) is 4.79 Å². The Labute approximate surface area is 95.9 Å². The van der Waals surface area contributed by atoms with Crippen LogP contribution in [0.4, 0.5) is 0 Å². The van der Waals surface area contributed by atoms with E-state index in [1.165, 1.54) is 0 Å². The lowest BCUT2D eigenvalue weighted by Crippen LogP contribution is -2.27. The highest BCUT2D eigenvalue weighted by Crippen LogP contribution is 2.17. The van der Waals surface area contributed by atoms with E-state index in [1.807, 2.05) is 7.05 Å². The molecule has 4 heteroatoms. The number of aromatic carboxylic acids is 1. The largest absolute Gasteiger partial charge is 0.478 e. The number of rotatable bonds is 5. The molecule has 16 heavy (non-hydrogen) atoms. The number of nitrogens with zero attached hydrogens (tertiary/aromatic N) is 1. The molecule has 0 aliphatic carbocycles. The number of aryl methyl sites for hydroxylation is 1. The Morgan fingerprint density at radius 3 is 2.69 bits per heavy atom. The van der Waals surface area contributed by atoms with Crippen LogP contribution >= 0.6 is 0 Å². The van der Waals surface area contributed by atoms with Gasteiger partial charge < -0.3 is 9.52 Å². The molecule has 0 spiro atoms. The van der Waals surface area contributed by atoms with Crippen LogP contribution in [0.3, 0.4) is 0 Å². The van der Waals surface area contributed by atoms with E-state index in [2.05, 4.69) is 18.7 Å². The van der Waals surface area contributed by atoms with Crippen LogP contribution in [0.5, 0.6) is 0 Å². The van der Waals surface area contributed by atoms with Gasteiger partial charge in [-0.05, 0) is 33.4 Å². The summed E-state index contributed by atoms with van der Waals surface area (Å²) in [6, 6.07) is 2.06. The Balaban J connectivity index is 2.75. The summed E-state index contributed by atoms with van der Waals surface area (Å²) in [5.41, 5.74) is 0.257. The molecular weight excluding hydrogens is 206 g/mol. The van der Waals surface area contributed by atoms with Crippen molar-refractivity contribution < 1.29 is 14.3 Å². The zero-order valence-electron chi connectivity index (χ0n) is 10.3. The van der Waals surface area contributed by atoms with E-state index in [1.54, 1.807) is 13.0 Å². The SMILES string of the molecule is CCC(C)N(C)Cc1cc(C(=O)O)c(C)o1.